The highest BCUT2D eigenvalue weighted by atomic mass is 16.6. The molecule has 0 amide bonds. The van der Waals surface area contributed by atoms with Crippen LogP contribution in [-0.4, -0.2) is 39.0 Å². The Kier molecular flexibility index (Phi) is 3.42. The molecule has 7 heteroatoms. The molecule has 1 aromatic heterocycles. The predicted molar refractivity (Wildman–Crippen MR) is 64.2 cm³/mol. The first-order valence-electron chi connectivity index (χ1n) is 5.25. The third-order valence-corrected chi connectivity index (χ3v) is 2.96. The number of aryl methyl sites for hydroxylation is 2. The largest absolute Gasteiger partial charge is 0.394 e. The molecule has 1 aromatic rings. The van der Waals surface area contributed by atoms with Gasteiger partial charge in [-0.05, 0) is 20.8 Å². The van der Waals surface area contributed by atoms with Crippen LogP contribution >= 0.6 is 0 Å². The Morgan fingerprint density at radius 1 is 1.59 bits per heavy atom. The van der Waals surface area contributed by atoms with Gasteiger partial charge in [0.05, 0.1) is 17.1 Å². The Balaban J connectivity index is 3.36. The summed E-state index contributed by atoms with van der Waals surface area (Å²) >= 11 is 0. The highest BCUT2D eigenvalue weighted by Gasteiger charge is 2.33. The van der Waals surface area contributed by atoms with E-state index in [0.29, 0.717) is 11.5 Å². The van der Waals surface area contributed by atoms with Crippen molar-refractivity contribution in [2.24, 2.45) is 7.05 Å². The lowest BCUT2D eigenvalue weighted by molar-refractivity contribution is -0.384. The number of likely N-dealkylation sites (N-methyl/N-ethyl adjacent to an activating group) is 1. The zero-order chi connectivity index (χ0) is 13.4. The summed E-state index contributed by atoms with van der Waals surface area (Å²) in [6, 6.07) is 0. The van der Waals surface area contributed by atoms with Gasteiger partial charge in [0, 0.05) is 14.1 Å². The number of rotatable bonds is 4. The first-order chi connectivity index (χ1) is 7.72. The van der Waals surface area contributed by atoms with E-state index in [9.17, 15) is 15.2 Å². The maximum Gasteiger partial charge on any atom is 0.333 e. The summed E-state index contributed by atoms with van der Waals surface area (Å²) in [6.07, 6.45) is 0. The Hall–Kier alpha value is -1.63. The van der Waals surface area contributed by atoms with E-state index < -0.39 is 10.5 Å². The van der Waals surface area contributed by atoms with Gasteiger partial charge in [-0.3, -0.25) is 10.1 Å². The quantitative estimate of drug-likeness (QED) is 0.624. The Morgan fingerprint density at radius 2 is 2.12 bits per heavy atom. The van der Waals surface area contributed by atoms with Gasteiger partial charge in [-0.15, -0.1) is 0 Å². The van der Waals surface area contributed by atoms with Gasteiger partial charge in [0.1, 0.15) is 5.69 Å². The Labute approximate surface area is 99.8 Å². The average molecular weight is 242 g/mol. The van der Waals surface area contributed by atoms with Crippen molar-refractivity contribution in [3.05, 3.63) is 15.8 Å². The molecular formula is C10H18N4O3. The van der Waals surface area contributed by atoms with Crippen molar-refractivity contribution in [2.45, 2.75) is 26.3 Å². The molecule has 1 heterocycles. The molecular weight excluding hydrogens is 224 g/mol. The van der Waals surface area contributed by atoms with Crippen LogP contribution in [0.2, 0.25) is 0 Å². The normalized spacial score (nSPS) is 11.6. The van der Waals surface area contributed by atoms with Crippen LogP contribution in [0.5, 0.6) is 0 Å². The smallest absolute Gasteiger partial charge is 0.333 e. The number of nitrogens with zero attached hydrogens (tertiary/aromatic N) is 4. The van der Waals surface area contributed by atoms with E-state index in [0.717, 1.165) is 0 Å². The van der Waals surface area contributed by atoms with Crippen molar-refractivity contribution in [3.8, 4) is 0 Å². The second-order valence-electron chi connectivity index (χ2n) is 4.67. The first-order valence-corrected chi connectivity index (χ1v) is 5.25. The summed E-state index contributed by atoms with van der Waals surface area (Å²) in [4.78, 5) is 12.3. The molecule has 0 saturated carbocycles. The van der Waals surface area contributed by atoms with Gasteiger partial charge in [0.15, 0.2) is 0 Å². The summed E-state index contributed by atoms with van der Waals surface area (Å²) < 4.78 is 1.46. The van der Waals surface area contributed by atoms with Gasteiger partial charge >= 0.3 is 5.69 Å². The summed E-state index contributed by atoms with van der Waals surface area (Å²) in [5.41, 5.74) is -0.241. The molecule has 96 valence electrons. The summed E-state index contributed by atoms with van der Waals surface area (Å²) in [6.45, 7) is 5.10. The van der Waals surface area contributed by atoms with Gasteiger partial charge in [-0.25, -0.2) is 4.68 Å². The average Bonchev–Trinajstić information content (AvgIpc) is 2.52. The summed E-state index contributed by atoms with van der Waals surface area (Å²) in [7, 11) is 3.36. The number of anilines is 1. The zero-order valence-electron chi connectivity index (χ0n) is 10.8. The monoisotopic (exact) mass is 242 g/mol. The molecule has 0 aliphatic rings. The molecule has 0 atom stereocenters. The number of aliphatic hydroxyl groups excluding tert-OH is 1. The lowest BCUT2D eigenvalue weighted by atomic mass is 10.1. The zero-order valence-corrected chi connectivity index (χ0v) is 10.8. The molecule has 17 heavy (non-hydrogen) atoms. The van der Waals surface area contributed by atoms with E-state index in [2.05, 4.69) is 5.10 Å². The Morgan fingerprint density at radius 3 is 2.53 bits per heavy atom. The molecule has 0 radical (unpaired) electrons. The van der Waals surface area contributed by atoms with E-state index in [-0.39, 0.29) is 12.3 Å². The van der Waals surface area contributed by atoms with Gasteiger partial charge in [0.2, 0.25) is 5.82 Å². The minimum atomic E-state index is -0.592. The van der Waals surface area contributed by atoms with E-state index in [1.165, 1.54) is 4.68 Å². The highest BCUT2D eigenvalue weighted by molar-refractivity contribution is 5.62. The lowest BCUT2D eigenvalue weighted by Gasteiger charge is -2.34. The maximum absolute atomic E-state index is 11.0. The minimum Gasteiger partial charge on any atom is -0.394 e. The van der Waals surface area contributed by atoms with Crippen molar-refractivity contribution in [2.75, 3.05) is 18.6 Å². The van der Waals surface area contributed by atoms with Gasteiger partial charge in [-0.2, -0.15) is 5.10 Å². The van der Waals surface area contributed by atoms with Crippen LogP contribution < -0.4 is 4.90 Å². The van der Waals surface area contributed by atoms with Crippen LogP contribution in [0.15, 0.2) is 0 Å². The van der Waals surface area contributed by atoms with Crippen LogP contribution in [0.3, 0.4) is 0 Å². The van der Waals surface area contributed by atoms with Crippen molar-refractivity contribution in [1.29, 1.82) is 0 Å². The molecule has 0 unspecified atom stereocenters. The lowest BCUT2D eigenvalue weighted by Crippen LogP contribution is -2.45. The molecule has 0 bridgehead atoms. The maximum atomic E-state index is 11.0. The van der Waals surface area contributed by atoms with Crippen LogP contribution in [-0.2, 0) is 7.05 Å². The summed E-state index contributed by atoms with van der Waals surface area (Å²) in [5.74, 6) is 0.395. The van der Waals surface area contributed by atoms with Crippen molar-refractivity contribution >= 4 is 11.5 Å². The van der Waals surface area contributed by atoms with Crippen molar-refractivity contribution < 1.29 is 10.0 Å². The van der Waals surface area contributed by atoms with Crippen molar-refractivity contribution in [1.82, 2.24) is 9.78 Å². The van der Waals surface area contributed by atoms with Gasteiger partial charge < -0.3 is 10.0 Å². The topological polar surface area (TPSA) is 84.4 Å². The fourth-order valence-electron chi connectivity index (χ4n) is 1.62. The van der Waals surface area contributed by atoms with Crippen molar-refractivity contribution in [3.63, 3.8) is 0 Å². The number of nitro groups is 1. The van der Waals surface area contributed by atoms with Crippen LogP contribution in [0.1, 0.15) is 19.5 Å². The molecule has 7 nitrogen and oxygen atoms in total. The van der Waals surface area contributed by atoms with Gasteiger partial charge in [0.25, 0.3) is 0 Å². The molecule has 0 aromatic carbocycles. The van der Waals surface area contributed by atoms with Crippen LogP contribution in [0.4, 0.5) is 11.5 Å². The van der Waals surface area contributed by atoms with Crippen LogP contribution in [0.25, 0.3) is 0 Å². The molecule has 0 saturated heterocycles. The Bertz CT molecular complexity index is 439. The SMILES string of the molecule is Cc1nn(C)c(N(C)C(C)(C)CO)c1[N+](=O)[O-]. The fourth-order valence-corrected chi connectivity index (χ4v) is 1.62. The molecule has 0 fully saturated rings. The molecule has 0 aliphatic heterocycles. The number of aliphatic hydroxyl groups is 1. The predicted octanol–water partition coefficient (Wildman–Crippen LogP) is 0.844. The minimum absolute atomic E-state index is 0.0171. The summed E-state index contributed by atoms with van der Waals surface area (Å²) in [5, 5.41) is 24.4. The highest BCUT2D eigenvalue weighted by Crippen LogP contribution is 2.33. The second-order valence-corrected chi connectivity index (χ2v) is 4.67. The standard InChI is InChI=1S/C10H18N4O3/c1-7-8(14(16)17)9(13(5)11-7)12(4)10(2,3)6-15/h15H,6H2,1-5H3. The van der Waals surface area contributed by atoms with E-state index in [1.54, 1.807) is 39.8 Å². The molecule has 0 spiro atoms. The number of hydrogen-bond acceptors (Lipinski definition) is 5. The van der Waals surface area contributed by atoms with E-state index in [4.69, 9.17) is 0 Å². The second kappa shape index (κ2) is 4.33. The van der Waals surface area contributed by atoms with Crippen LogP contribution in [0, 0.1) is 17.0 Å². The molecule has 1 N–H and O–H groups in total. The van der Waals surface area contributed by atoms with E-state index >= 15 is 0 Å². The van der Waals surface area contributed by atoms with E-state index in [1.807, 2.05) is 0 Å². The number of hydrogen-bond donors (Lipinski definition) is 1. The molecule has 1 rings (SSSR count). The molecule has 0 aliphatic carbocycles. The first kappa shape index (κ1) is 13.4. The van der Waals surface area contributed by atoms with Gasteiger partial charge in [-0.1, -0.05) is 0 Å². The fraction of sp³-hybridized carbons (Fsp3) is 0.700. The third-order valence-electron chi connectivity index (χ3n) is 2.96. The number of aromatic nitrogens is 2. The third kappa shape index (κ3) is 2.23.